The quantitative estimate of drug-likeness (QED) is 0.487. The molecule has 2 amide bonds. The number of hydrogen-bond acceptors (Lipinski definition) is 6. The molecular formula is C9H11N7O3. The molecule has 2 aromatic heterocycles. The van der Waals surface area contributed by atoms with Gasteiger partial charge in [0.1, 0.15) is 24.4 Å². The summed E-state index contributed by atoms with van der Waals surface area (Å²) in [4.78, 5) is 29.7. The maximum Gasteiger partial charge on any atom is 0.270 e. The zero-order valence-electron chi connectivity index (χ0n) is 9.65. The van der Waals surface area contributed by atoms with Crippen LogP contribution in [0.5, 0.6) is 0 Å². The van der Waals surface area contributed by atoms with E-state index < -0.39 is 24.5 Å². The Bertz CT molecular complexity index is 536. The normalized spacial score (nSPS) is 11.8. The number of rotatable bonds is 5. The zero-order valence-corrected chi connectivity index (χ0v) is 9.65. The van der Waals surface area contributed by atoms with Gasteiger partial charge in [0.15, 0.2) is 0 Å². The summed E-state index contributed by atoms with van der Waals surface area (Å²) >= 11 is 0. The molecule has 0 radical (unpaired) electrons. The van der Waals surface area contributed by atoms with Gasteiger partial charge in [0.05, 0.1) is 19.1 Å². The first-order valence-electron chi connectivity index (χ1n) is 5.26. The first kappa shape index (κ1) is 12.7. The molecule has 0 fully saturated rings. The van der Waals surface area contributed by atoms with E-state index in [9.17, 15) is 9.59 Å². The highest BCUT2D eigenvalue weighted by molar-refractivity contribution is 5.97. The molecule has 1 atom stereocenters. The van der Waals surface area contributed by atoms with Crippen LogP contribution in [0.25, 0.3) is 0 Å². The van der Waals surface area contributed by atoms with Crippen molar-refractivity contribution >= 4 is 11.8 Å². The number of aromatic nitrogens is 5. The molecule has 100 valence electrons. The molecule has 0 unspecified atom stereocenters. The second-order valence-electron chi connectivity index (χ2n) is 3.52. The fourth-order valence-electron chi connectivity index (χ4n) is 1.27. The van der Waals surface area contributed by atoms with E-state index in [1.165, 1.54) is 29.9 Å². The molecule has 0 aliphatic rings. The lowest BCUT2D eigenvalue weighted by Crippen LogP contribution is -2.47. The Kier molecular flexibility index (Phi) is 3.83. The fraction of sp³-hybridized carbons (Fsp3) is 0.222. The van der Waals surface area contributed by atoms with E-state index in [2.05, 4.69) is 30.9 Å². The maximum atomic E-state index is 11.8. The number of H-pyrrole nitrogens is 1. The minimum atomic E-state index is -1.10. The molecule has 2 aromatic rings. The molecule has 0 bridgehead atoms. The summed E-state index contributed by atoms with van der Waals surface area (Å²) in [5.74, 6) is -1.15. The third-order valence-electron chi connectivity index (χ3n) is 2.21. The van der Waals surface area contributed by atoms with E-state index in [-0.39, 0.29) is 5.69 Å². The Labute approximate surface area is 106 Å². The number of aliphatic hydroxyl groups excluding tert-OH is 1. The van der Waals surface area contributed by atoms with Gasteiger partial charge in [-0.15, -0.1) is 10.2 Å². The molecule has 19 heavy (non-hydrogen) atoms. The summed E-state index contributed by atoms with van der Waals surface area (Å²) in [6.45, 7) is -0.548. The van der Waals surface area contributed by atoms with Gasteiger partial charge in [-0.1, -0.05) is 0 Å². The summed E-state index contributed by atoms with van der Waals surface area (Å²) < 4.78 is 1.20. The van der Waals surface area contributed by atoms with Crippen molar-refractivity contribution in [3.05, 3.63) is 30.9 Å². The maximum absolute atomic E-state index is 11.8. The highest BCUT2D eigenvalue weighted by Gasteiger charge is 2.21. The fourth-order valence-corrected chi connectivity index (χ4v) is 1.27. The second kappa shape index (κ2) is 5.73. The predicted molar refractivity (Wildman–Crippen MR) is 61.3 cm³/mol. The average molecular weight is 265 g/mol. The molecule has 2 heterocycles. The van der Waals surface area contributed by atoms with Crippen LogP contribution in [-0.2, 0) is 4.79 Å². The first-order valence-corrected chi connectivity index (χ1v) is 5.26. The van der Waals surface area contributed by atoms with Gasteiger partial charge in [0.25, 0.3) is 11.8 Å². The van der Waals surface area contributed by atoms with Crippen LogP contribution in [0.2, 0.25) is 0 Å². The molecule has 0 saturated heterocycles. The number of aliphatic hydroxyl groups is 1. The minimum absolute atomic E-state index is 0.190. The van der Waals surface area contributed by atoms with Crippen LogP contribution in [0, 0.1) is 0 Å². The Morgan fingerprint density at radius 3 is 2.74 bits per heavy atom. The average Bonchev–Trinajstić information content (AvgIpc) is 3.07. The summed E-state index contributed by atoms with van der Waals surface area (Å²) in [6.07, 6.45) is 5.17. The monoisotopic (exact) mass is 265 g/mol. The first-order chi connectivity index (χ1) is 9.20. The lowest BCUT2D eigenvalue weighted by Gasteiger charge is -2.15. The largest absolute Gasteiger partial charge is 0.394 e. The van der Waals surface area contributed by atoms with Crippen LogP contribution in [0.15, 0.2) is 25.2 Å². The molecule has 0 spiro atoms. The van der Waals surface area contributed by atoms with E-state index in [1.807, 2.05) is 0 Å². The number of nitrogens with one attached hydrogen (secondary N) is 3. The second-order valence-corrected chi connectivity index (χ2v) is 3.52. The third kappa shape index (κ3) is 3.13. The van der Waals surface area contributed by atoms with E-state index in [0.717, 1.165) is 0 Å². The number of hydrogen-bond donors (Lipinski definition) is 4. The third-order valence-corrected chi connectivity index (χ3v) is 2.21. The highest BCUT2D eigenvalue weighted by Crippen LogP contribution is 1.93. The molecule has 0 saturated carbocycles. The van der Waals surface area contributed by atoms with Crippen molar-refractivity contribution in [1.29, 1.82) is 0 Å². The Morgan fingerprint density at radius 2 is 2.16 bits per heavy atom. The molecule has 10 heteroatoms. The van der Waals surface area contributed by atoms with E-state index in [0.29, 0.717) is 0 Å². The molecule has 0 aliphatic heterocycles. The molecular weight excluding hydrogens is 254 g/mol. The van der Waals surface area contributed by atoms with Crippen LogP contribution in [0.3, 0.4) is 0 Å². The Balaban J connectivity index is 1.96. The van der Waals surface area contributed by atoms with Crippen LogP contribution >= 0.6 is 0 Å². The van der Waals surface area contributed by atoms with Gasteiger partial charge in [-0.25, -0.2) is 9.66 Å². The van der Waals surface area contributed by atoms with Crippen LogP contribution < -0.4 is 10.7 Å². The SMILES string of the molecule is O=C(N[C@@H](CO)C(=O)Nn1cnnc1)c1cnc[nH]1. The lowest BCUT2D eigenvalue weighted by atomic mass is 10.3. The van der Waals surface area contributed by atoms with Crippen molar-refractivity contribution in [3.63, 3.8) is 0 Å². The van der Waals surface area contributed by atoms with Crippen molar-refractivity contribution in [1.82, 2.24) is 30.2 Å². The smallest absolute Gasteiger partial charge is 0.270 e. The zero-order chi connectivity index (χ0) is 13.7. The van der Waals surface area contributed by atoms with Gasteiger partial charge in [-0.05, 0) is 0 Å². The van der Waals surface area contributed by atoms with E-state index in [4.69, 9.17) is 5.11 Å². The summed E-state index contributed by atoms with van der Waals surface area (Å²) in [7, 11) is 0. The van der Waals surface area contributed by atoms with Gasteiger partial charge in [-0.2, -0.15) is 0 Å². The summed E-state index contributed by atoms with van der Waals surface area (Å²) in [5.41, 5.74) is 2.57. The van der Waals surface area contributed by atoms with Crippen molar-refractivity contribution < 1.29 is 14.7 Å². The van der Waals surface area contributed by atoms with Crippen LogP contribution in [0.4, 0.5) is 0 Å². The van der Waals surface area contributed by atoms with Gasteiger partial charge in [0, 0.05) is 0 Å². The number of imidazole rings is 1. The van der Waals surface area contributed by atoms with Crippen molar-refractivity contribution in [3.8, 4) is 0 Å². The van der Waals surface area contributed by atoms with Gasteiger partial charge >= 0.3 is 0 Å². The minimum Gasteiger partial charge on any atom is -0.394 e. The molecule has 10 nitrogen and oxygen atoms in total. The summed E-state index contributed by atoms with van der Waals surface area (Å²) in [5, 5.41) is 18.5. The number of nitrogens with zero attached hydrogens (tertiary/aromatic N) is 4. The number of aromatic amines is 1. The predicted octanol–water partition coefficient (Wildman–Crippen LogP) is -2.14. The van der Waals surface area contributed by atoms with Gasteiger partial charge < -0.3 is 15.4 Å². The van der Waals surface area contributed by atoms with Crippen LogP contribution in [0.1, 0.15) is 10.5 Å². The summed E-state index contributed by atoms with van der Waals surface area (Å²) in [6, 6.07) is -1.10. The Hall–Kier alpha value is -2.75. The number of carbonyl (C=O) groups is 2. The topological polar surface area (TPSA) is 138 Å². The highest BCUT2D eigenvalue weighted by atomic mass is 16.3. The van der Waals surface area contributed by atoms with E-state index in [1.54, 1.807) is 0 Å². The van der Waals surface area contributed by atoms with Crippen molar-refractivity contribution in [2.24, 2.45) is 0 Å². The lowest BCUT2D eigenvalue weighted by molar-refractivity contribution is -0.119. The number of carbonyl (C=O) groups excluding carboxylic acids is 2. The number of amides is 2. The van der Waals surface area contributed by atoms with Gasteiger partial charge in [-0.3, -0.25) is 15.0 Å². The van der Waals surface area contributed by atoms with Crippen molar-refractivity contribution in [2.75, 3.05) is 12.0 Å². The molecule has 4 N–H and O–H groups in total. The van der Waals surface area contributed by atoms with Crippen molar-refractivity contribution in [2.45, 2.75) is 6.04 Å². The van der Waals surface area contributed by atoms with Gasteiger partial charge in [0.2, 0.25) is 0 Å². The molecule has 0 aliphatic carbocycles. The standard InChI is InChI=1S/C9H11N7O3/c17-2-7(9(19)15-16-4-12-13-5-16)14-8(18)6-1-10-3-11-6/h1,3-5,7,17H,2H2,(H,10,11)(H,14,18)(H,15,19)/t7-/m0/s1. The molecule has 2 rings (SSSR count). The molecule has 0 aromatic carbocycles. The Morgan fingerprint density at radius 1 is 1.42 bits per heavy atom. The van der Waals surface area contributed by atoms with E-state index >= 15 is 0 Å². The van der Waals surface area contributed by atoms with Crippen LogP contribution in [-0.4, -0.2) is 54.4 Å².